The van der Waals surface area contributed by atoms with Crippen LogP contribution in [-0.2, 0) is 9.53 Å². The number of aliphatic imine (C=N–C) groups is 2. The van der Waals surface area contributed by atoms with E-state index in [0.717, 1.165) is 53.9 Å². The van der Waals surface area contributed by atoms with Crippen molar-refractivity contribution in [2.24, 2.45) is 9.98 Å². The van der Waals surface area contributed by atoms with Crippen LogP contribution in [0.3, 0.4) is 0 Å². The molecule has 1 aromatic carbocycles. The van der Waals surface area contributed by atoms with Crippen LogP contribution in [0.2, 0.25) is 0 Å². The van der Waals surface area contributed by atoms with E-state index in [4.69, 9.17) is 15.2 Å². The summed E-state index contributed by atoms with van der Waals surface area (Å²) in [6, 6.07) is 5.74. The largest absolute Gasteiger partial charge is 0.492 e. The lowest BCUT2D eigenvalue weighted by molar-refractivity contribution is -0.150. The van der Waals surface area contributed by atoms with E-state index in [0.29, 0.717) is 31.9 Å². The zero-order valence-electron chi connectivity index (χ0n) is 20.8. The van der Waals surface area contributed by atoms with E-state index >= 15 is 0 Å². The highest BCUT2D eigenvalue weighted by Gasteiger charge is 2.27. The molecule has 0 amide bonds. The van der Waals surface area contributed by atoms with Gasteiger partial charge in [-0.25, -0.2) is 4.99 Å². The van der Waals surface area contributed by atoms with Crippen molar-refractivity contribution >= 4 is 34.6 Å². The van der Waals surface area contributed by atoms with Crippen molar-refractivity contribution in [3.63, 3.8) is 0 Å². The first kappa shape index (κ1) is 25.6. The lowest BCUT2D eigenvalue weighted by Gasteiger charge is -2.30. The Balaban J connectivity index is 1.68. The first-order chi connectivity index (χ1) is 16.4. The summed E-state index contributed by atoms with van der Waals surface area (Å²) in [6.07, 6.45) is 7.18. The minimum absolute atomic E-state index is 0.00232. The van der Waals surface area contributed by atoms with Crippen LogP contribution in [0.15, 0.2) is 34.4 Å². The monoisotopic (exact) mass is 467 g/mol. The Morgan fingerprint density at radius 3 is 2.94 bits per heavy atom. The fourth-order valence-corrected chi connectivity index (χ4v) is 4.17. The van der Waals surface area contributed by atoms with E-state index in [1.807, 2.05) is 45.3 Å². The minimum atomic E-state index is -0.140. The molecular formula is C26H37N5O3. The second-order valence-electron chi connectivity index (χ2n) is 8.77. The summed E-state index contributed by atoms with van der Waals surface area (Å²) in [7, 11) is 1.98. The number of likely N-dealkylation sites (tertiary alicyclic amines) is 1. The average Bonchev–Trinajstić information content (AvgIpc) is 2.82. The second kappa shape index (κ2) is 12.5. The Kier molecular flexibility index (Phi) is 9.39. The Morgan fingerprint density at radius 1 is 1.35 bits per heavy atom. The van der Waals surface area contributed by atoms with Gasteiger partial charge in [0.2, 0.25) is 0 Å². The predicted molar refractivity (Wildman–Crippen MR) is 138 cm³/mol. The van der Waals surface area contributed by atoms with Crippen molar-refractivity contribution in [2.45, 2.75) is 58.4 Å². The number of anilines is 1. The van der Waals surface area contributed by atoms with Gasteiger partial charge in [0.1, 0.15) is 17.6 Å². The number of carbonyl (C=O) groups excluding carboxylic acids is 1. The smallest absolute Gasteiger partial charge is 0.323 e. The number of esters is 1. The number of rotatable bonds is 9. The van der Waals surface area contributed by atoms with E-state index in [2.05, 4.69) is 26.8 Å². The van der Waals surface area contributed by atoms with Crippen LogP contribution in [0.4, 0.5) is 5.69 Å². The Hall–Kier alpha value is -3.00. The molecule has 2 atom stereocenters. The third kappa shape index (κ3) is 6.76. The van der Waals surface area contributed by atoms with E-state index in [-0.39, 0.29) is 17.9 Å². The standard InChI is InChI=1S/C26H37N5O3/c1-5-28-19(3)29-16-18(2)21-10-11-23-22(15-20(27)17-30-23)25(21)33-13-8-14-34-26(32)24-9-6-7-12-31(24)4/h10-11,15-18,24H,5-9,12-14,27H2,1-4H3. The molecule has 3 rings (SSSR count). The number of hydrogen-bond donors (Lipinski definition) is 1. The van der Waals surface area contributed by atoms with Crippen molar-refractivity contribution in [1.82, 2.24) is 9.88 Å². The number of pyridine rings is 1. The molecule has 2 unspecified atom stereocenters. The number of nitrogens with zero attached hydrogens (tertiary/aromatic N) is 4. The fourth-order valence-electron chi connectivity index (χ4n) is 4.17. The molecule has 8 nitrogen and oxygen atoms in total. The molecule has 1 saturated heterocycles. The normalized spacial score (nSPS) is 18.4. The van der Waals surface area contributed by atoms with Crippen LogP contribution in [-0.4, -0.2) is 67.3 Å². The summed E-state index contributed by atoms with van der Waals surface area (Å²) < 4.78 is 11.8. The summed E-state index contributed by atoms with van der Waals surface area (Å²) in [4.78, 5) is 27.7. The topological polar surface area (TPSA) is 102 Å². The summed E-state index contributed by atoms with van der Waals surface area (Å²) in [5, 5.41) is 0.859. The van der Waals surface area contributed by atoms with E-state index < -0.39 is 0 Å². The maximum Gasteiger partial charge on any atom is 0.323 e. The lowest BCUT2D eigenvalue weighted by Crippen LogP contribution is -2.43. The maximum absolute atomic E-state index is 12.4. The first-order valence-electron chi connectivity index (χ1n) is 12.1. The van der Waals surface area contributed by atoms with E-state index in [1.165, 1.54) is 0 Å². The summed E-state index contributed by atoms with van der Waals surface area (Å²) in [5.74, 6) is 1.34. The molecular weight excluding hydrogens is 430 g/mol. The number of fused-ring (bicyclic) bond motifs is 1. The second-order valence-corrected chi connectivity index (χ2v) is 8.77. The molecule has 2 N–H and O–H groups in total. The Bertz CT molecular complexity index is 1040. The molecule has 34 heavy (non-hydrogen) atoms. The fraction of sp³-hybridized carbons (Fsp3) is 0.538. The van der Waals surface area contributed by atoms with Gasteiger partial charge in [-0.05, 0) is 52.4 Å². The molecule has 1 fully saturated rings. The van der Waals surface area contributed by atoms with Crippen LogP contribution in [0, 0.1) is 0 Å². The van der Waals surface area contributed by atoms with Gasteiger partial charge in [0, 0.05) is 36.0 Å². The molecule has 184 valence electrons. The third-order valence-electron chi connectivity index (χ3n) is 6.05. The van der Waals surface area contributed by atoms with Crippen molar-refractivity contribution < 1.29 is 14.3 Å². The third-order valence-corrected chi connectivity index (χ3v) is 6.05. The van der Waals surface area contributed by atoms with Crippen LogP contribution in [0.5, 0.6) is 5.75 Å². The number of piperidine rings is 1. The summed E-state index contributed by atoms with van der Waals surface area (Å²) in [5.41, 5.74) is 8.40. The van der Waals surface area contributed by atoms with Crippen LogP contribution in [0.25, 0.3) is 10.9 Å². The van der Waals surface area contributed by atoms with E-state index in [1.54, 1.807) is 6.20 Å². The Morgan fingerprint density at radius 2 is 2.18 bits per heavy atom. The van der Waals surface area contributed by atoms with Crippen molar-refractivity contribution in [3.05, 3.63) is 30.0 Å². The van der Waals surface area contributed by atoms with Crippen molar-refractivity contribution in [1.29, 1.82) is 0 Å². The van der Waals surface area contributed by atoms with Crippen LogP contribution >= 0.6 is 0 Å². The van der Waals surface area contributed by atoms with Crippen molar-refractivity contribution in [2.75, 3.05) is 39.1 Å². The number of benzene rings is 1. The minimum Gasteiger partial charge on any atom is -0.492 e. The lowest BCUT2D eigenvalue weighted by atomic mass is 9.98. The molecule has 0 saturated carbocycles. The number of ether oxygens (including phenoxy) is 2. The van der Waals surface area contributed by atoms with Gasteiger partial charge < -0.3 is 15.2 Å². The van der Waals surface area contributed by atoms with Crippen LogP contribution < -0.4 is 10.5 Å². The molecule has 2 aromatic rings. The summed E-state index contributed by atoms with van der Waals surface area (Å²) >= 11 is 0. The molecule has 0 aliphatic carbocycles. The molecule has 1 aliphatic heterocycles. The van der Waals surface area contributed by atoms with Gasteiger partial charge in [0.15, 0.2) is 0 Å². The number of hydrogen-bond acceptors (Lipinski definition) is 7. The van der Waals surface area contributed by atoms with Gasteiger partial charge in [-0.15, -0.1) is 0 Å². The number of aromatic nitrogens is 1. The van der Waals surface area contributed by atoms with Gasteiger partial charge in [0.25, 0.3) is 0 Å². The number of amidine groups is 1. The van der Waals surface area contributed by atoms with Crippen molar-refractivity contribution in [3.8, 4) is 5.75 Å². The molecule has 0 radical (unpaired) electrons. The highest BCUT2D eigenvalue weighted by atomic mass is 16.5. The Labute approximate surface area is 202 Å². The van der Waals surface area contributed by atoms with Gasteiger partial charge >= 0.3 is 5.97 Å². The molecule has 1 aromatic heterocycles. The van der Waals surface area contributed by atoms with E-state index in [9.17, 15) is 4.79 Å². The highest BCUT2D eigenvalue weighted by Crippen LogP contribution is 2.34. The molecule has 0 spiro atoms. The zero-order chi connectivity index (χ0) is 24.5. The number of nitrogen functional groups attached to an aromatic ring is 1. The van der Waals surface area contributed by atoms with Gasteiger partial charge in [0.05, 0.1) is 30.6 Å². The predicted octanol–water partition coefficient (Wildman–Crippen LogP) is 4.23. The average molecular weight is 468 g/mol. The summed E-state index contributed by atoms with van der Waals surface area (Å²) in [6.45, 7) is 8.33. The van der Waals surface area contributed by atoms with Crippen LogP contribution in [0.1, 0.15) is 57.9 Å². The highest BCUT2D eigenvalue weighted by molar-refractivity contribution is 5.92. The molecule has 2 heterocycles. The quantitative estimate of drug-likeness (QED) is 0.256. The van der Waals surface area contributed by atoms with Gasteiger partial charge in [-0.1, -0.05) is 19.4 Å². The zero-order valence-corrected chi connectivity index (χ0v) is 20.8. The maximum atomic E-state index is 12.4. The molecule has 0 bridgehead atoms. The van der Waals surface area contributed by atoms with Gasteiger partial charge in [-0.2, -0.15) is 0 Å². The number of likely N-dealkylation sites (N-methyl/N-ethyl adjacent to an activating group) is 1. The SMILES string of the molecule is CCN=C(C)N=CC(C)c1ccc2ncc(N)cc2c1OCCCOC(=O)C1CCCCN1C. The molecule has 8 heteroatoms. The number of nitrogens with two attached hydrogens (primary N) is 1. The van der Waals surface area contributed by atoms with Gasteiger partial charge in [-0.3, -0.25) is 19.7 Å². The number of carbonyl (C=O) groups is 1. The molecule has 1 aliphatic rings. The first-order valence-corrected chi connectivity index (χ1v) is 12.1.